The van der Waals surface area contributed by atoms with Gasteiger partial charge in [0, 0.05) is 6.04 Å². The second-order valence-corrected chi connectivity index (χ2v) is 4.99. The molecule has 5 nitrogen and oxygen atoms in total. The molecule has 2 aliphatic rings. The number of rotatable bonds is 5. The molecule has 0 amide bonds. The second kappa shape index (κ2) is 4.05. The molecule has 92 valence electrons. The summed E-state index contributed by atoms with van der Waals surface area (Å²) in [6, 6.07) is 0.540. The van der Waals surface area contributed by atoms with Crippen LogP contribution in [0.15, 0.2) is 6.33 Å². The van der Waals surface area contributed by atoms with Crippen molar-refractivity contribution in [3.8, 4) is 5.75 Å². The summed E-state index contributed by atoms with van der Waals surface area (Å²) in [6.45, 7) is 0. The van der Waals surface area contributed by atoms with Crippen molar-refractivity contribution >= 4 is 11.6 Å². The number of aromatic nitrogens is 2. The third kappa shape index (κ3) is 2.14. The zero-order chi connectivity index (χ0) is 11.8. The van der Waals surface area contributed by atoms with Crippen molar-refractivity contribution in [2.24, 2.45) is 11.8 Å². The van der Waals surface area contributed by atoms with E-state index < -0.39 is 0 Å². The highest BCUT2D eigenvalue weighted by Gasteiger charge is 2.42. The van der Waals surface area contributed by atoms with E-state index in [-0.39, 0.29) is 0 Å². The van der Waals surface area contributed by atoms with Crippen LogP contribution in [0.5, 0.6) is 5.75 Å². The van der Waals surface area contributed by atoms with Gasteiger partial charge in [0.25, 0.3) is 0 Å². The van der Waals surface area contributed by atoms with E-state index in [4.69, 9.17) is 10.5 Å². The zero-order valence-electron chi connectivity index (χ0n) is 10.0. The normalized spacial score (nSPS) is 19.4. The first kappa shape index (κ1) is 10.6. The smallest absolute Gasteiger partial charge is 0.203 e. The molecule has 2 aliphatic carbocycles. The third-order valence-corrected chi connectivity index (χ3v) is 3.60. The first-order valence-corrected chi connectivity index (χ1v) is 6.20. The van der Waals surface area contributed by atoms with Gasteiger partial charge in [-0.2, -0.15) is 0 Å². The number of nitrogen functional groups attached to an aromatic ring is 1. The van der Waals surface area contributed by atoms with Crippen molar-refractivity contribution in [1.29, 1.82) is 0 Å². The van der Waals surface area contributed by atoms with E-state index >= 15 is 0 Å². The Morgan fingerprint density at radius 2 is 1.94 bits per heavy atom. The van der Waals surface area contributed by atoms with Gasteiger partial charge < -0.3 is 15.8 Å². The Bertz CT molecular complexity index is 403. The molecule has 3 rings (SSSR count). The van der Waals surface area contributed by atoms with Crippen LogP contribution >= 0.6 is 0 Å². The summed E-state index contributed by atoms with van der Waals surface area (Å²) < 4.78 is 5.26. The Kier molecular flexibility index (Phi) is 2.53. The van der Waals surface area contributed by atoms with Crippen LogP contribution in [0.4, 0.5) is 11.6 Å². The standard InChI is InChI=1S/C12H18N4O/c1-17-10-11(13)14-6-15-12(10)16-9(7-2-3-7)8-4-5-8/h6-9H,2-5H2,1H3,(H3,13,14,15,16). The number of nitrogens with two attached hydrogens (primary N) is 1. The lowest BCUT2D eigenvalue weighted by molar-refractivity contribution is 0.413. The summed E-state index contributed by atoms with van der Waals surface area (Å²) >= 11 is 0. The second-order valence-electron chi connectivity index (χ2n) is 4.99. The fourth-order valence-corrected chi connectivity index (χ4v) is 2.38. The van der Waals surface area contributed by atoms with Gasteiger partial charge in [-0.15, -0.1) is 0 Å². The molecule has 0 atom stereocenters. The highest BCUT2D eigenvalue weighted by molar-refractivity contribution is 5.61. The van der Waals surface area contributed by atoms with Crippen LogP contribution in [-0.4, -0.2) is 23.1 Å². The largest absolute Gasteiger partial charge is 0.490 e. The number of nitrogens with zero attached hydrogens (tertiary/aromatic N) is 2. The van der Waals surface area contributed by atoms with Gasteiger partial charge in [0.05, 0.1) is 7.11 Å². The van der Waals surface area contributed by atoms with Gasteiger partial charge in [-0.3, -0.25) is 0 Å². The van der Waals surface area contributed by atoms with Crippen molar-refractivity contribution in [2.45, 2.75) is 31.7 Å². The first-order valence-electron chi connectivity index (χ1n) is 6.20. The van der Waals surface area contributed by atoms with E-state index in [0.717, 1.165) is 17.7 Å². The van der Waals surface area contributed by atoms with Gasteiger partial charge in [0.1, 0.15) is 6.33 Å². The minimum absolute atomic E-state index is 0.398. The minimum atomic E-state index is 0.398. The average Bonchev–Trinajstić information content (AvgIpc) is 3.16. The lowest BCUT2D eigenvalue weighted by Crippen LogP contribution is -2.25. The third-order valence-electron chi connectivity index (χ3n) is 3.60. The molecule has 0 bridgehead atoms. The van der Waals surface area contributed by atoms with Gasteiger partial charge in [-0.05, 0) is 37.5 Å². The molecule has 17 heavy (non-hydrogen) atoms. The van der Waals surface area contributed by atoms with Gasteiger partial charge in [0.2, 0.25) is 5.75 Å². The van der Waals surface area contributed by atoms with Crippen molar-refractivity contribution < 1.29 is 4.74 Å². The van der Waals surface area contributed by atoms with Gasteiger partial charge in [-0.25, -0.2) is 9.97 Å². The Labute approximate surface area is 101 Å². The molecule has 2 fully saturated rings. The van der Waals surface area contributed by atoms with E-state index in [1.807, 2.05) is 0 Å². The topological polar surface area (TPSA) is 73.1 Å². The van der Waals surface area contributed by atoms with Crippen molar-refractivity contribution in [3.05, 3.63) is 6.33 Å². The molecule has 3 N–H and O–H groups in total. The monoisotopic (exact) mass is 234 g/mol. The molecule has 0 spiro atoms. The Hall–Kier alpha value is -1.52. The van der Waals surface area contributed by atoms with Gasteiger partial charge in [-0.1, -0.05) is 0 Å². The van der Waals surface area contributed by atoms with Gasteiger partial charge >= 0.3 is 0 Å². The van der Waals surface area contributed by atoms with Crippen LogP contribution in [0.3, 0.4) is 0 Å². The summed E-state index contributed by atoms with van der Waals surface area (Å²) in [5.41, 5.74) is 5.77. The van der Waals surface area contributed by atoms with Crippen LogP contribution in [0.25, 0.3) is 0 Å². The van der Waals surface area contributed by atoms with E-state index in [2.05, 4.69) is 15.3 Å². The molecule has 0 aliphatic heterocycles. The molecule has 1 aromatic rings. The molecule has 1 aromatic heterocycles. The maximum Gasteiger partial charge on any atom is 0.203 e. The van der Waals surface area contributed by atoms with E-state index in [1.165, 1.54) is 32.0 Å². The lowest BCUT2D eigenvalue weighted by Gasteiger charge is -2.20. The number of nitrogens with one attached hydrogen (secondary N) is 1. The number of methoxy groups -OCH3 is 1. The summed E-state index contributed by atoms with van der Waals surface area (Å²) in [7, 11) is 1.60. The van der Waals surface area contributed by atoms with Crippen LogP contribution < -0.4 is 15.8 Å². The predicted octanol–water partition coefficient (Wildman–Crippen LogP) is 1.67. The Morgan fingerprint density at radius 3 is 2.47 bits per heavy atom. The lowest BCUT2D eigenvalue weighted by atomic mass is 10.1. The molecule has 0 unspecified atom stereocenters. The fourth-order valence-electron chi connectivity index (χ4n) is 2.38. The molecular weight excluding hydrogens is 216 g/mol. The number of hydrogen-bond donors (Lipinski definition) is 2. The van der Waals surface area contributed by atoms with Crippen molar-refractivity contribution in [3.63, 3.8) is 0 Å². The number of ether oxygens (including phenoxy) is 1. The summed E-state index contributed by atoms with van der Waals surface area (Å²) in [4.78, 5) is 8.18. The Balaban J connectivity index is 1.80. The SMILES string of the molecule is COc1c(N)ncnc1NC(C1CC1)C1CC1. The maximum absolute atomic E-state index is 5.77. The average molecular weight is 234 g/mol. The van der Waals surface area contributed by atoms with Crippen LogP contribution in [-0.2, 0) is 0 Å². The molecule has 0 saturated heterocycles. The molecule has 2 saturated carbocycles. The van der Waals surface area contributed by atoms with Crippen molar-refractivity contribution in [2.75, 3.05) is 18.2 Å². The molecule has 5 heteroatoms. The van der Waals surface area contributed by atoms with Crippen LogP contribution in [0.1, 0.15) is 25.7 Å². The summed E-state index contributed by atoms with van der Waals surface area (Å²) in [5, 5.41) is 3.51. The first-order chi connectivity index (χ1) is 8.29. The van der Waals surface area contributed by atoms with Crippen LogP contribution in [0.2, 0.25) is 0 Å². The van der Waals surface area contributed by atoms with Crippen molar-refractivity contribution in [1.82, 2.24) is 9.97 Å². The molecule has 1 heterocycles. The quantitative estimate of drug-likeness (QED) is 0.810. The number of anilines is 2. The minimum Gasteiger partial charge on any atom is -0.490 e. The van der Waals surface area contributed by atoms with E-state index in [0.29, 0.717) is 17.6 Å². The zero-order valence-corrected chi connectivity index (χ0v) is 10.0. The Morgan fingerprint density at radius 1 is 1.29 bits per heavy atom. The highest BCUT2D eigenvalue weighted by atomic mass is 16.5. The summed E-state index contributed by atoms with van der Waals surface area (Å²) in [6.07, 6.45) is 6.80. The van der Waals surface area contributed by atoms with Crippen LogP contribution in [0, 0.1) is 11.8 Å². The predicted molar refractivity (Wildman–Crippen MR) is 65.9 cm³/mol. The van der Waals surface area contributed by atoms with Gasteiger partial charge in [0.15, 0.2) is 11.6 Å². The highest BCUT2D eigenvalue weighted by Crippen LogP contribution is 2.46. The maximum atomic E-state index is 5.77. The fraction of sp³-hybridized carbons (Fsp3) is 0.667. The molecule has 0 radical (unpaired) electrons. The van der Waals surface area contributed by atoms with E-state index in [1.54, 1.807) is 7.11 Å². The number of hydrogen-bond acceptors (Lipinski definition) is 5. The van der Waals surface area contributed by atoms with E-state index in [9.17, 15) is 0 Å². The molecule has 0 aromatic carbocycles. The molecular formula is C12H18N4O. The summed E-state index contributed by atoms with van der Waals surface area (Å²) in [5.74, 6) is 3.32.